The molecule has 2 aromatic rings. The van der Waals surface area contributed by atoms with Crippen molar-refractivity contribution in [3.63, 3.8) is 0 Å². The largest absolute Gasteiger partial charge is 0.482 e. The van der Waals surface area contributed by atoms with E-state index in [9.17, 15) is 9.59 Å². The van der Waals surface area contributed by atoms with Crippen LogP contribution in [0.4, 0.5) is 5.69 Å². The maximum absolute atomic E-state index is 12.1. The topological polar surface area (TPSA) is 66.8 Å². The molecule has 0 saturated heterocycles. The number of hydrogen-bond acceptors (Lipinski definition) is 3. The van der Waals surface area contributed by atoms with Crippen molar-refractivity contribution in [1.82, 2.24) is 0 Å². The molecule has 0 saturated carbocycles. The number of fused-ring (bicyclic) bond motifs is 1. The number of nitrogens with zero attached hydrogens (tertiary/aromatic N) is 1. The van der Waals surface area contributed by atoms with E-state index in [1.165, 1.54) is 17.7 Å². The van der Waals surface area contributed by atoms with Crippen molar-refractivity contribution in [3.8, 4) is 5.75 Å². The van der Waals surface area contributed by atoms with Crippen LogP contribution in [0.2, 0.25) is 0 Å². The first-order valence-electron chi connectivity index (χ1n) is 7.49. The van der Waals surface area contributed by atoms with E-state index in [2.05, 4.69) is 12.1 Å². The predicted molar refractivity (Wildman–Crippen MR) is 86.0 cm³/mol. The summed E-state index contributed by atoms with van der Waals surface area (Å²) < 4.78 is 5.37. The van der Waals surface area contributed by atoms with Gasteiger partial charge in [0, 0.05) is 6.54 Å². The molecule has 0 spiro atoms. The van der Waals surface area contributed by atoms with Gasteiger partial charge in [-0.05, 0) is 36.6 Å². The monoisotopic (exact) mass is 311 g/mol. The molecule has 0 aromatic heterocycles. The van der Waals surface area contributed by atoms with Gasteiger partial charge in [-0.25, -0.2) is 4.79 Å². The highest BCUT2D eigenvalue weighted by atomic mass is 16.5. The summed E-state index contributed by atoms with van der Waals surface area (Å²) in [7, 11) is 0. The van der Waals surface area contributed by atoms with Crippen LogP contribution in [0.5, 0.6) is 5.75 Å². The zero-order valence-corrected chi connectivity index (χ0v) is 12.6. The molecule has 2 aromatic carbocycles. The summed E-state index contributed by atoms with van der Waals surface area (Å²) in [5.41, 5.74) is 2.02. The summed E-state index contributed by atoms with van der Waals surface area (Å²) in [4.78, 5) is 24.8. The van der Waals surface area contributed by atoms with Gasteiger partial charge in [-0.3, -0.25) is 4.79 Å². The van der Waals surface area contributed by atoms with Crippen molar-refractivity contribution in [2.24, 2.45) is 0 Å². The van der Waals surface area contributed by atoms with Gasteiger partial charge in [-0.2, -0.15) is 0 Å². The Morgan fingerprint density at radius 3 is 2.70 bits per heavy atom. The number of rotatable bonds is 5. The van der Waals surface area contributed by atoms with Crippen molar-refractivity contribution in [1.29, 1.82) is 0 Å². The number of ether oxygens (including phenoxy) is 1. The number of benzene rings is 2. The highest BCUT2D eigenvalue weighted by Crippen LogP contribution is 2.33. The van der Waals surface area contributed by atoms with Crippen molar-refractivity contribution in [2.45, 2.75) is 12.8 Å². The second-order valence-corrected chi connectivity index (χ2v) is 5.41. The number of aryl methyl sites for hydroxylation is 1. The molecule has 5 heteroatoms. The Balaban J connectivity index is 1.72. The van der Waals surface area contributed by atoms with Gasteiger partial charge in [-0.1, -0.05) is 30.3 Å². The van der Waals surface area contributed by atoms with Crippen LogP contribution in [0.15, 0.2) is 48.5 Å². The first kappa shape index (κ1) is 15.1. The molecule has 1 aliphatic rings. The van der Waals surface area contributed by atoms with Crippen molar-refractivity contribution >= 4 is 17.6 Å². The van der Waals surface area contributed by atoms with Crippen molar-refractivity contribution < 1.29 is 19.4 Å². The molecule has 0 aliphatic carbocycles. The molecule has 118 valence electrons. The van der Waals surface area contributed by atoms with Crippen LogP contribution < -0.4 is 9.64 Å². The molecule has 5 nitrogen and oxygen atoms in total. The molecule has 23 heavy (non-hydrogen) atoms. The Morgan fingerprint density at radius 2 is 1.96 bits per heavy atom. The molecule has 0 fully saturated rings. The molecule has 1 N–H and O–H groups in total. The summed E-state index contributed by atoms with van der Waals surface area (Å²) >= 11 is 0. The van der Waals surface area contributed by atoms with Gasteiger partial charge in [0.15, 0.2) is 6.61 Å². The predicted octanol–water partition coefficient (Wildman–Crippen LogP) is 2.74. The van der Waals surface area contributed by atoms with Crippen molar-refractivity contribution in [2.75, 3.05) is 18.1 Å². The zero-order chi connectivity index (χ0) is 16.2. The third-order valence-electron chi connectivity index (χ3n) is 3.84. The molecule has 3 rings (SSSR count). The van der Waals surface area contributed by atoms with E-state index in [-0.39, 0.29) is 18.1 Å². The fourth-order valence-electron chi connectivity index (χ4n) is 2.67. The number of aromatic carboxylic acids is 1. The summed E-state index contributed by atoms with van der Waals surface area (Å²) in [6.45, 7) is 0.526. The lowest BCUT2D eigenvalue weighted by Gasteiger charge is -2.29. The highest BCUT2D eigenvalue weighted by molar-refractivity contribution is 5.99. The maximum atomic E-state index is 12.1. The van der Waals surface area contributed by atoms with Gasteiger partial charge < -0.3 is 14.7 Å². The van der Waals surface area contributed by atoms with Crippen LogP contribution in [0.3, 0.4) is 0 Å². The van der Waals surface area contributed by atoms with E-state index < -0.39 is 5.97 Å². The van der Waals surface area contributed by atoms with Gasteiger partial charge in [0.2, 0.25) is 0 Å². The van der Waals surface area contributed by atoms with Crippen LogP contribution in [0, 0.1) is 0 Å². The lowest BCUT2D eigenvalue weighted by atomic mass is 10.1. The van der Waals surface area contributed by atoms with E-state index in [0.717, 1.165) is 12.8 Å². The SMILES string of the molecule is O=C(O)c1ccc2c(c1)OCC(=O)N2CCCc1ccccc1. The first-order valence-corrected chi connectivity index (χ1v) is 7.49. The van der Waals surface area contributed by atoms with E-state index in [1.807, 2.05) is 18.2 Å². The van der Waals surface area contributed by atoms with Crippen LogP contribution in [-0.4, -0.2) is 30.1 Å². The molecule has 0 bridgehead atoms. The number of anilines is 1. The van der Waals surface area contributed by atoms with Crippen LogP contribution >= 0.6 is 0 Å². The Labute approximate surface area is 134 Å². The molecule has 1 amide bonds. The number of carbonyl (C=O) groups excluding carboxylic acids is 1. The smallest absolute Gasteiger partial charge is 0.335 e. The van der Waals surface area contributed by atoms with Gasteiger partial charge in [0.1, 0.15) is 5.75 Å². The van der Waals surface area contributed by atoms with Crippen LogP contribution in [0.25, 0.3) is 0 Å². The lowest BCUT2D eigenvalue weighted by Crippen LogP contribution is -2.39. The third-order valence-corrected chi connectivity index (χ3v) is 3.84. The Kier molecular flexibility index (Phi) is 4.28. The molecule has 1 aliphatic heterocycles. The van der Waals surface area contributed by atoms with E-state index in [1.54, 1.807) is 11.0 Å². The lowest BCUT2D eigenvalue weighted by molar-refractivity contribution is -0.121. The summed E-state index contributed by atoms with van der Waals surface area (Å²) in [6.07, 6.45) is 1.71. The molecule has 0 radical (unpaired) electrons. The molecular formula is C18H17NO4. The number of hydrogen-bond donors (Lipinski definition) is 1. The second-order valence-electron chi connectivity index (χ2n) is 5.41. The average Bonchev–Trinajstić information content (AvgIpc) is 2.57. The summed E-state index contributed by atoms with van der Waals surface area (Å²) in [5, 5.41) is 9.04. The molecule has 1 heterocycles. The second kappa shape index (κ2) is 6.52. The fraction of sp³-hybridized carbons (Fsp3) is 0.222. The quantitative estimate of drug-likeness (QED) is 0.922. The van der Waals surface area contributed by atoms with Crippen LogP contribution in [-0.2, 0) is 11.2 Å². The van der Waals surface area contributed by atoms with Gasteiger partial charge in [0.05, 0.1) is 11.3 Å². The number of carboxylic acids is 1. The number of amides is 1. The zero-order valence-electron chi connectivity index (χ0n) is 12.6. The third kappa shape index (κ3) is 3.34. The Morgan fingerprint density at radius 1 is 1.17 bits per heavy atom. The Bertz CT molecular complexity index is 727. The minimum atomic E-state index is -1.01. The van der Waals surface area contributed by atoms with Crippen molar-refractivity contribution in [3.05, 3.63) is 59.7 Å². The first-order chi connectivity index (χ1) is 11.1. The van der Waals surface area contributed by atoms with E-state index >= 15 is 0 Å². The summed E-state index contributed by atoms with van der Waals surface area (Å²) in [5.74, 6) is -0.665. The fourth-order valence-corrected chi connectivity index (χ4v) is 2.67. The van der Waals surface area contributed by atoms with E-state index in [4.69, 9.17) is 9.84 Å². The van der Waals surface area contributed by atoms with Gasteiger partial charge >= 0.3 is 5.97 Å². The minimum Gasteiger partial charge on any atom is -0.482 e. The summed E-state index contributed by atoms with van der Waals surface area (Å²) in [6, 6.07) is 14.7. The van der Waals surface area contributed by atoms with Gasteiger partial charge in [-0.15, -0.1) is 0 Å². The minimum absolute atomic E-state index is 0.0542. The number of carboxylic acid groups (broad SMARTS) is 1. The normalized spacial score (nSPS) is 13.4. The Hall–Kier alpha value is -2.82. The van der Waals surface area contributed by atoms with Crippen LogP contribution in [0.1, 0.15) is 22.3 Å². The molecule has 0 atom stereocenters. The van der Waals surface area contributed by atoms with Gasteiger partial charge in [0.25, 0.3) is 5.91 Å². The maximum Gasteiger partial charge on any atom is 0.335 e. The highest BCUT2D eigenvalue weighted by Gasteiger charge is 2.25. The molecule has 0 unspecified atom stereocenters. The standard InChI is InChI=1S/C18H17NO4/c20-17-12-23-16-11-14(18(21)22)8-9-15(16)19(17)10-4-7-13-5-2-1-3-6-13/h1-3,5-6,8-9,11H,4,7,10,12H2,(H,21,22). The van der Waals surface area contributed by atoms with E-state index in [0.29, 0.717) is 18.0 Å². The average molecular weight is 311 g/mol. The number of carbonyl (C=O) groups is 2. The molecular weight excluding hydrogens is 294 g/mol.